The molecule has 0 radical (unpaired) electrons. The topological polar surface area (TPSA) is 62.3 Å². The highest BCUT2D eigenvalue weighted by Gasteiger charge is 2.29. The molecule has 0 bridgehead atoms. The average molecular weight is 464 g/mol. The number of halogens is 3. The van der Waals surface area contributed by atoms with Gasteiger partial charge in [-0.1, -0.05) is 39.4 Å². The Morgan fingerprint density at radius 1 is 1.25 bits per heavy atom. The monoisotopic (exact) mass is 463 g/mol. The maximum atomic E-state index is 13.9. The molecule has 142 valence electrons. The van der Waals surface area contributed by atoms with Crippen LogP contribution in [-0.2, 0) is 6.54 Å². The SMILES string of the molecule is CN1Cc2ccc(Br)cc2-c2sc(NC(=O)c3c(F)cccc3F)nc2C1=O. The maximum absolute atomic E-state index is 13.9. The fourth-order valence-corrected chi connectivity index (χ4v) is 4.35. The van der Waals surface area contributed by atoms with Crippen LogP contribution < -0.4 is 5.32 Å². The van der Waals surface area contributed by atoms with Crippen LogP contribution in [0.4, 0.5) is 13.9 Å². The van der Waals surface area contributed by atoms with Crippen LogP contribution in [0.1, 0.15) is 26.4 Å². The summed E-state index contributed by atoms with van der Waals surface area (Å²) in [6.07, 6.45) is 0. The van der Waals surface area contributed by atoms with E-state index in [2.05, 4.69) is 26.2 Å². The molecule has 1 aliphatic heterocycles. The minimum Gasteiger partial charge on any atom is -0.336 e. The number of hydrogen-bond acceptors (Lipinski definition) is 4. The summed E-state index contributed by atoms with van der Waals surface area (Å²) >= 11 is 4.51. The van der Waals surface area contributed by atoms with E-state index in [1.165, 1.54) is 11.0 Å². The Labute approximate surface area is 171 Å². The first-order valence-corrected chi connectivity index (χ1v) is 9.76. The Balaban J connectivity index is 1.77. The van der Waals surface area contributed by atoms with Crippen LogP contribution in [0.25, 0.3) is 10.4 Å². The molecule has 28 heavy (non-hydrogen) atoms. The van der Waals surface area contributed by atoms with Crippen molar-refractivity contribution in [1.82, 2.24) is 9.88 Å². The number of hydrogen-bond donors (Lipinski definition) is 1. The molecule has 4 rings (SSSR count). The molecule has 0 unspecified atom stereocenters. The molecule has 9 heteroatoms. The molecule has 0 atom stereocenters. The van der Waals surface area contributed by atoms with E-state index in [0.29, 0.717) is 11.4 Å². The summed E-state index contributed by atoms with van der Waals surface area (Å²) < 4.78 is 28.5. The summed E-state index contributed by atoms with van der Waals surface area (Å²) in [5, 5.41) is 2.49. The van der Waals surface area contributed by atoms with Crippen molar-refractivity contribution in [3.63, 3.8) is 0 Å². The number of anilines is 1. The zero-order chi connectivity index (χ0) is 20.0. The number of rotatable bonds is 2. The number of nitrogens with one attached hydrogen (secondary N) is 1. The number of amides is 2. The summed E-state index contributed by atoms with van der Waals surface area (Å²) in [4.78, 5) is 31.4. The van der Waals surface area contributed by atoms with Crippen LogP contribution >= 0.6 is 27.3 Å². The molecule has 0 aliphatic carbocycles. The lowest BCUT2D eigenvalue weighted by Gasteiger charge is -2.14. The number of benzene rings is 2. The Kier molecular flexibility index (Phi) is 4.72. The zero-order valence-corrected chi connectivity index (χ0v) is 16.8. The van der Waals surface area contributed by atoms with Gasteiger partial charge in [0.25, 0.3) is 11.8 Å². The molecule has 1 aromatic heterocycles. The second kappa shape index (κ2) is 7.06. The molecule has 2 heterocycles. The first-order valence-electron chi connectivity index (χ1n) is 8.15. The van der Waals surface area contributed by atoms with Crippen LogP contribution in [0.3, 0.4) is 0 Å². The van der Waals surface area contributed by atoms with Gasteiger partial charge in [0.15, 0.2) is 5.13 Å². The van der Waals surface area contributed by atoms with E-state index in [-0.39, 0.29) is 16.7 Å². The first kappa shape index (κ1) is 18.7. The van der Waals surface area contributed by atoms with Gasteiger partial charge in [0.2, 0.25) is 0 Å². The van der Waals surface area contributed by atoms with E-state index in [0.717, 1.165) is 39.1 Å². The lowest BCUT2D eigenvalue weighted by Crippen LogP contribution is -2.25. The molecule has 3 aromatic rings. The highest BCUT2D eigenvalue weighted by Crippen LogP contribution is 2.39. The Morgan fingerprint density at radius 2 is 1.96 bits per heavy atom. The zero-order valence-electron chi connectivity index (χ0n) is 14.4. The normalized spacial score (nSPS) is 13.0. The van der Waals surface area contributed by atoms with Crippen LogP contribution in [0.2, 0.25) is 0 Å². The van der Waals surface area contributed by atoms with Crippen molar-refractivity contribution < 1.29 is 18.4 Å². The lowest BCUT2D eigenvalue weighted by molar-refractivity contribution is 0.0783. The van der Waals surface area contributed by atoms with Crippen molar-refractivity contribution in [1.29, 1.82) is 0 Å². The van der Waals surface area contributed by atoms with Crippen molar-refractivity contribution in [3.8, 4) is 10.4 Å². The summed E-state index contributed by atoms with van der Waals surface area (Å²) in [5.74, 6) is -3.20. The second-order valence-electron chi connectivity index (χ2n) is 6.21. The van der Waals surface area contributed by atoms with Crippen molar-refractivity contribution >= 4 is 44.2 Å². The van der Waals surface area contributed by atoms with Crippen molar-refractivity contribution in [2.45, 2.75) is 6.54 Å². The number of nitrogens with zero attached hydrogens (tertiary/aromatic N) is 2. The van der Waals surface area contributed by atoms with Crippen molar-refractivity contribution in [2.24, 2.45) is 0 Å². The molecule has 1 aliphatic rings. The van der Waals surface area contributed by atoms with Crippen LogP contribution in [-0.4, -0.2) is 28.7 Å². The van der Waals surface area contributed by atoms with E-state index >= 15 is 0 Å². The van der Waals surface area contributed by atoms with E-state index in [1.54, 1.807) is 7.05 Å². The third-order valence-electron chi connectivity index (χ3n) is 4.31. The second-order valence-corrected chi connectivity index (χ2v) is 8.12. The number of fused-ring (bicyclic) bond motifs is 3. The predicted molar refractivity (Wildman–Crippen MR) is 105 cm³/mol. The smallest absolute Gasteiger partial charge is 0.274 e. The summed E-state index contributed by atoms with van der Waals surface area (Å²) in [6, 6.07) is 8.84. The fourth-order valence-electron chi connectivity index (χ4n) is 2.98. The fraction of sp³-hybridized carbons (Fsp3) is 0.105. The Hall–Kier alpha value is -2.65. The minimum absolute atomic E-state index is 0.0900. The molecular formula is C19H12BrF2N3O2S. The van der Waals surface area contributed by atoms with Gasteiger partial charge in [0.05, 0.1) is 4.88 Å². The first-order chi connectivity index (χ1) is 13.3. The Bertz CT molecular complexity index is 1110. The summed E-state index contributed by atoms with van der Waals surface area (Å²) in [7, 11) is 1.66. The standard InChI is InChI=1S/C19H12BrF2N3O2S/c1-25-8-9-5-6-10(20)7-11(9)16-15(18(25)27)23-19(28-16)24-17(26)14-12(21)3-2-4-13(14)22/h2-7H,8H2,1H3,(H,23,24,26). The highest BCUT2D eigenvalue weighted by atomic mass is 79.9. The lowest BCUT2D eigenvalue weighted by atomic mass is 10.1. The van der Waals surface area contributed by atoms with Gasteiger partial charge in [0, 0.05) is 23.6 Å². The molecule has 0 fully saturated rings. The Morgan fingerprint density at radius 3 is 2.68 bits per heavy atom. The molecule has 0 saturated carbocycles. The number of thiazole rings is 1. The van der Waals surface area contributed by atoms with E-state index in [1.807, 2.05) is 18.2 Å². The van der Waals surface area contributed by atoms with Gasteiger partial charge in [-0.2, -0.15) is 0 Å². The van der Waals surface area contributed by atoms with Gasteiger partial charge in [-0.3, -0.25) is 14.9 Å². The van der Waals surface area contributed by atoms with Crippen LogP contribution in [0.15, 0.2) is 40.9 Å². The van der Waals surface area contributed by atoms with Gasteiger partial charge in [0.1, 0.15) is 22.9 Å². The molecule has 2 amide bonds. The van der Waals surface area contributed by atoms with Gasteiger partial charge in [-0.05, 0) is 29.8 Å². The van der Waals surface area contributed by atoms with Crippen molar-refractivity contribution in [2.75, 3.05) is 12.4 Å². The average Bonchev–Trinajstić information content (AvgIpc) is 3.02. The van der Waals surface area contributed by atoms with Crippen molar-refractivity contribution in [3.05, 3.63) is 69.3 Å². The highest BCUT2D eigenvalue weighted by molar-refractivity contribution is 9.10. The predicted octanol–water partition coefficient (Wildman–Crippen LogP) is 4.69. The van der Waals surface area contributed by atoms with Gasteiger partial charge >= 0.3 is 0 Å². The van der Waals surface area contributed by atoms with E-state index in [9.17, 15) is 18.4 Å². The molecule has 0 spiro atoms. The largest absolute Gasteiger partial charge is 0.336 e. The van der Waals surface area contributed by atoms with Gasteiger partial charge in [-0.15, -0.1) is 0 Å². The molecule has 5 nitrogen and oxygen atoms in total. The molecular weight excluding hydrogens is 452 g/mol. The molecule has 1 N–H and O–H groups in total. The third-order valence-corrected chi connectivity index (χ3v) is 5.81. The summed E-state index contributed by atoms with van der Waals surface area (Å²) in [5.41, 5.74) is 1.24. The van der Waals surface area contributed by atoms with Crippen LogP contribution in [0, 0.1) is 11.6 Å². The van der Waals surface area contributed by atoms with Gasteiger partial charge < -0.3 is 4.90 Å². The van der Waals surface area contributed by atoms with Gasteiger partial charge in [-0.25, -0.2) is 13.8 Å². The molecule has 2 aromatic carbocycles. The molecule has 0 saturated heterocycles. The number of aromatic nitrogens is 1. The number of carbonyl (C=O) groups is 2. The van der Waals surface area contributed by atoms with E-state index in [4.69, 9.17) is 0 Å². The van der Waals surface area contributed by atoms with Crippen LogP contribution in [0.5, 0.6) is 0 Å². The summed E-state index contributed by atoms with van der Waals surface area (Å²) in [6.45, 7) is 0.423. The third kappa shape index (κ3) is 3.20. The van der Waals surface area contributed by atoms with E-state index < -0.39 is 23.1 Å². The maximum Gasteiger partial charge on any atom is 0.274 e. The number of carbonyl (C=O) groups excluding carboxylic acids is 2. The quantitative estimate of drug-likeness (QED) is 0.599. The minimum atomic E-state index is -0.972.